The maximum absolute atomic E-state index is 13.4. The number of halogens is 2. The largest absolute Gasteiger partial charge is 0.342 e. The molecule has 2 N–H and O–H groups in total. The van der Waals surface area contributed by atoms with Crippen LogP contribution in [0, 0.1) is 11.6 Å². The topological polar surface area (TPSA) is 95.6 Å². The summed E-state index contributed by atoms with van der Waals surface area (Å²) in [6, 6.07) is 8.92. The van der Waals surface area contributed by atoms with E-state index in [1.807, 2.05) is 0 Å². The van der Waals surface area contributed by atoms with Gasteiger partial charge in [0.15, 0.2) is 0 Å². The molecule has 1 aliphatic heterocycles. The van der Waals surface area contributed by atoms with Gasteiger partial charge in [-0.25, -0.2) is 21.9 Å². The van der Waals surface area contributed by atoms with E-state index in [4.69, 9.17) is 0 Å². The molecule has 10 heteroatoms. The minimum atomic E-state index is -3.51. The Labute approximate surface area is 192 Å². The Bertz CT molecular complexity index is 1120. The lowest BCUT2D eigenvalue weighted by molar-refractivity contribution is -0.130. The molecule has 1 aliphatic rings. The van der Waals surface area contributed by atoms with E-state index in [1.54, 1.807) is 43.0 Å². The summed E-state index contributed by atoms with van der Waals surface area (Å²) in [5, 5.41) is 2.00. The van der Waals surface area contributed by atoms with Crippen molar-refractivity contribution in [2.75, 3.05) is 18.4 Å². The van der Waals surface area contributed by atoms with E-state index in [1.165, 1.54) is 6.92 Å². The molecule has 1 fully saturated rings. The lowest BCUT2D eigenvalue weighted by Gasteiger charge is -2.39. The van der Waals surface area contributed by atoms with E-state index in [0.717, 1.165) is 17.7 Å². The Morgan fingerprint density at radius 1 is 1.06 bits per heavy atom. The van der Waals surface area contributed by atoms with Crippen LogP contribution in [0.1, 0.15) is 49.0 Å². The van der Waals surface area contributed by atoms with Gasteiger partial charge in [0.05, 0.1) is 5.25 Å². The predicted molar refractivity (Wildman–Crippen MR) is 121 cm³/mol. The van der Waals surface area contributed by atoms with Crippen molar-refractivity contribution in [3.8, 4) is 0 Å². The summed E-state index contributed by atoms with van der Waals surface area (Å²) in [5.74, 6) is -2.73. The van der Waals surface area contributed by atoms with Crippen molar-refractivity contribution in [1.82, 2.24) is 9.62 Å². The van der Waals surface area contributed by atoms with Gasteiger partial charge in [0.2, 0.25) is 15.9 Å². The number of nitrogens with one attached hydrogen (secondary N) is 2. The van der Waals surface area contributed by atoms with Crippen molar-refractivity contribution < 1.29 is 26.8 Å². The molecule has 0 aliphatic carbocycles. The first-order valence-electron chi connectivity index (χ1n) is 10.6. The number of carbonyl (C=O) groups is 2. The number of likely N-dealkylation sites (tertiary alicyclic amines) is 1. The molecular weight excluding hydrogens is 452 g/mol. The molecule has 3 rings (SSSR count). The number of amides is 2. The molecule has 0 bridgehead atoms. The first-order valence-corrected chi connectivity index (χ1v) is 12.1. The fourth-order valence-corrected chi connectivity index (χ4v) is 4.74. The zero-order chi connectivity index (χ0) is 24.3. The van der Waals surface area contributed by atoms with Crippen molar-refractivity contribution in [2.45, 2.75) is 44.4 Å². The molecule has 1 heterocycles. The van der Waals surface area contributed by atoms with Crippen molar-refractivity contribution in [3.05, 3.63) is 65.2 Å². The second-order valence-corrected chi connectivity index (χ2v) is 10.7. The summed E-state index contributed by atoms with van der Waals surface area (Å²) in [7, 11) is -3.51. The van der Waals surface area contributed by atoms with Crippen LogP contribution in [0.25, 0.3) is 0 Å². The first-order chi connectivity index (χ1) is 15.5. The number of anilines is 1. The molecule has 0 saturated carbocycles. The number of hydrogen-bond donors (Lipinski definition) is 2. The monoisotopic (exact) mass is 479 g/mol. The summed E-state index contributed by atoms with van der Waals surface area (Å²) >= 11 is 0. The smallest absolute Gasteiger partial charge is 0.255 e. The Kier molecular flexibility index (Phi) is 7.48. The Balaban J connectivity index is 1.80. The highest BCUT2D eigenvalue weighted by Crippen LogP contribution is 2.29. The minimum absolute atomic E-state index is 0.0867. The van der Waals surface area contributed by atoms with Crippen molar-refractivity contribution in [3.63, 3.8) is 0 Å². The van der Waals surface area contributed by atoms with E-state index in [-0.39, 0.29) is 23.4 Å². The number of piperidine rings is 1. The molecular formula is C23H27F2N3O4S. The van der Waals surface area contributed by atoms with Crippen molar-refractivity contribution in [2.24, 2.45) is 0 Å². The van der Waals surface area contributed by atoms with Crippen molar-refractivity contribution in [1.29, 1.82) is 0 Å². The molecule has 0 radical (unpaired) electrons. The molecule has 1 saturated heterocycles. The van der Waals surface area contributed by atoms with Gasteiger partial charge in [-0.2, -0.15) is 0 Å². The summed E-state index contributed by atoms with van der Waals surface area (Å²) in [6.45, 7) is 5.49. The van der Waals surface area contributed by atoms with Crippen LogP contribution >= 0.6 is 0 Å². The van der Waals surface area contributed by atoms with Gasteiger partial charge in [0.25, 0.3) is 5.91 Å². The second kappa shape index (κ2) is 9.96. The van der Waals surface area contributed by atoms with Gasteiger partial charge >= 0.3 is 0 Å². The highest BCUT2D eigenvalue weighted by atomic mass is 32.2. The average molecular weight is 480 g/mol. The van der Waals surface area contributed by atoms with E-state index < -0.39 is 32.8 Å². The summed E-state index contributed by atoms with van der Waals surface area (Å²) < 4.78 is 54.5. The normalized spacial score (nSPS) is 18.9. The third kappa shape index (κ3) is 6.14. The third-order valence-corrected chi connectivity index (χ3v) is 7.59. The highest BCUT2D eigenvalue weighted by molar-refractivity contribution is 7.90. The van der Waals surface area contributed by atoms with E-state index >= 15 is 0 Å². The Morgan fingerprint density at radius 2 is 1.67 bits per heavy atom. The molecule has 2 aromatic rings. The minimum Gasteiger partial charge on any atom is -0.342 e. The fraction of sp³-hybridized carbons (Fsp3) is 0.391. The molecule has 178 valence electrons. The average Bonchev–Trinajstić information content (AvgIpc) is 2.73. The van der Waals surface area contributed by atoms with Crippen LogP contribution in [0.2, 0.25) is 0 Å². The number of hydrogen-bond acceptors (Lipinski definition) is 4. The van der Waals surface area contributed by atoms with Crippen LogP contribution in [0.3, 0.4) is 0 Å². The van der Waals surface area contributed by atoms with Crippen LogP contribution in [-0.4, -0.2) is 49.5 Å². The lowest BCUT2D eigenvalue weighted by atomic mass is 9.86. The summed E-state index contributed by atoms with van der Waals surface area (Å²) in [5.41, 5.74) is 1.06. The fourth-order valence-electron chi connectivity index (χ4n) is 3.77. The van der Waals surface area contributed by atoms with Gasteiger partial charge < -0.3 is 10.2 Å². The van der Waals surface area contributed by atoms with Gasteiger partial charge in [0.1, 0.15) is 11.6 Å². The van der Waals surface area contributed by atoms with Crippen LogP contribution in [0.4, 0.5) is 14.5 Å². The number of sulfonamides is 1. The summed E-state index contributed by atoms with van der Waals surface area (Å²) in [6.07, 6.45) is 0.472. The molecule has 33 heavy (non-hydrogen) atoms. The van der Waals surface area contributed by atoms with E-state index in [9.17, 15) is 26.8 Å². The van der Waals surface area contributed by atoms with Gasteiger partial charge in [-0.1, -0.05) is 12.1 Å². The maximum Gasteiger partial charge on any atom is 0.255 e. The molecule has 7 nitrogen and oxygen atoms in total. The van der Waals surface area contributed by atoms with E-state index in [2.05, 4.69) is 10.0 Å². The summed E-state index contributed by atoms with van der Waals surface area (Å²) in [4.78, 5) is 25.9. The van der Waals surface area contributed by atoms with Gasteiger partial charge in [-0.15, -0.1) is 0 Å². The highest BCUT2D eigenvalue weighted by Gasteiger charge is 2.34. The number of benzene rings is 2. The number of nitrogens with zero attached hydrogens (tertiary/aromatic N) is 1. The van der Waals surface area contributed by atoms with Crippen LogP contribution in [0.5, 0.6) is 0 Å². The SMILES string of the molecule is CC(=O)N1CC[C@H](NS(=O)(=O)C(C)C)[C@@H](c2ccc(NC(=O)c3cc(F)cc(F)c3)cc2)C1. The van der Waals surface area contributed by atoms with Gasteiger partial charge in [-0.05, 0) is 50.1 Å². The Morgan fingerprint density at radius 3 is 2.21 bits per heavy atom. The number of carbonyl (C=O) groups excluding carboxylic acids is 2. The quantitative estimate of drug-likeness (QED) is 0.665. The van der Waals surface area contributed by atoms with Crippen LogP contribution in [0.15, 0.2) is 42.5 Å². The maximum atomic E-state index is 13.4. The standard InChI is InChI=1S/C23H27F2N3O4S/c1-14(2)33(31,32)27-22-8-9-28(15(3)29)13-21(22)16-4-6-20(7-5-16)26-23(30)17-10-18(24)12-19(25)11-17/h4-7,10-12,14,21-22,27H,8-9,13H2,1-3H3,(H,26,30)/t21-,22+/m1/s1. The molecule has 2 aromatic carbocycles. The molecule has 0 unspecified atom stereocenters. The first kappa shape index (κ1) is 24.8. The third-order valence-electron chi connectivity index (χ3n) is 5.72. The molecule has 2 amide bonds. The Hall–Kier alpha value is -2.85. The van der Waals surface area contributed by atoms with Crippen molar-refractivity contribution >= 4 is 27.5 Å². The second-order valence-electron chi connectivity index (χ2n) is 8.41. The molecule has 0 spiro atoms. The number of rotatable bonds is 6. The van der Waals surface area contributed by atoms with Crippen LogP contribution in [-0.2, 0) is 14.8 Å². The molecule has 2 atom stereocenters. The van der Waals surface area contributed by atoms with Gasteiger partial charge in [-0.3, -0.25) is 9.59 Å². The molecule has 0 aromatic heterocycles. The lowest BCUT2D eigenvalue weighted by Crippen LogP contribution is -2.51. The van der Waals surface area contributed by atoms with Crippen LogP contribution < -0.4 is 10.0 Å². The van der Waals surface area contributed by atoms with E-state index in [0.29, 0.717) is 31.3 Å². The predicted octanol–water partition coefficient (Wildman–Crippen LogP) is 3.25. The zero-order valence-corrected chi connectivity index (χ0v) is 19.5. The van der Waals surface area contributed by atoms with Gasteiger partial charge in [0, 0.05) is 49.3 Å². The zero-order valence-electron chi connectivity index (χ0n) is 18.6.